The fourth-order valence-electron chi connectivity index (χ4n) is 1.62. The first kappa shape index (κ1) is 8.38. The molecule has 0 atom stereocenters. The molecule has 0 amide bonds. The molecule has 0 saturated heterocycles. The third-order valence-corrected chi connectivity index (χ3v) is 3.57. The van der Waals surface area contributed by atoms with Crippen molar-refractivity contribution < 1.29 is 0 Å². The summed E-state index contributed by atoms with van der Waals surface area (Å²) in [6.07, 6.45) is 0. The summed E-state index contributed by atoms with van der Waals surface area (Å²) in [5.74, 6) is 0. The van der Waals surface area contributed by atoms with Crippen LogP contribution >= 0.6 is 27.3 Å². The van der Waals surface area contributed by atoms with Crippen LogP contribution in [0.5, 0.6) is 0 Å². The number of hydrogen-bond acceptors (Lipinski definition) is 2. The SMILES string of the molecule is Brc1ccc2ccc3scnc3c2c1. The number of rotatable bonds is 0. The van der Waals surface area contributed by atoms with E-state index < -0.39 is 0 Å². The molecule has 0 aliphatic heterocycles. The molecule has 68 valence electrons. The number of fused-ring (bicyclic) bond motifs is 3. The van der Waals surface area contributed by atoms with Gasteiger partial charge >= 0.3 is 0 Å². The van der Waals surface area contributed by atoms with Gasteiger partial charge in [0.1, 0.15) is 0 Å². The summed E-state index contributed by atoms with van der Waals surface area (Å²) >= 11 is 5.16. The molecule has 3 heteroatoms. The molecule has 0 radical (unpaired) electrons. The van der Waals surface area contributed by atoms with Crippen molar-refractivity contribution in [2.24, 2.45) is 0 Å². The average molecular weight is 264 g/mol. The second kappa shape index (κ2) is 3.04. The fraction of sp³-hybridized carbons (Fsp3) is 0. The highest BCUT2D eigenvalue weighted by atomic mass is 79.9. The maximum atomic E-state index is 4.39. The summed E-state index contributed by atoms with van der Waals surface area (Å²) in [6.45, 7) is 0. The number of thiazole rings is 1. The lowest BCUT2D eigenvalue weighted by Gasteiger charge is -1.98. The van der Waals surface area contributed by atoms with Gasteiger partial charge in [-0.2, -0.15) is 0 Å². The summed E-state index contributed by atoms with van der Waals surface area (Å²) in [5, 5.41) is 2.46. The molecule has 0 bridgehead atoms. The molecule has 14 heavy (non-hydrogen) atoms. The van der Waals surface area contributed by atoms with E-state index in [9.17, 15) is 0 Å². The minimum absolute atomic E-state index is 1.10. The Hall–Kier alpha value is -0.930. The zero-order valence-electron chi connectivity index (χ0n) is 7.20. The van der Waals surface area contributed by atoms with Gasteiger partial charge in [-0.3, -0.25) is 0 Å². The molecule has 2 aromatic carbocycles. The number of benzene rings is 2. The van der Waals surface area contributed by atoms with Crippen molar-refractivity contribution in [1.29, 1.82) is 0 Å². The van der Waals surface area contributed by atoms with Crippen LogP contribution in [0.2, 0.25) is 0 Å². The van der Waals surface area contributed by atoms with Gasteiger partial charge in [-0.15, -0.1) is 11.3 Å². The first-order chi connectivity index (χ1) is 6.84. The Morgan fingerprint density at radius 1 is 1.14 bits per heavy atom. The van der Waals surface area contributed by atoms with Gasteiger partial charge < -0.3 is 0 Å². The molecule has 1 heterocycles. The van der Waals surface area contributed by atoms with Gasteiger partial charge in [-0.1, -0.05) is 28.1 Å². The van der Waals surface area contributed by atoms with Gasteiger partial charge in [0.25, 0.3) is 0 Å². The predicted molar refractivity (Wildman–Crippen MR) is 64.8 cm³/mol. The van der Waals surface area contributed by atoms with Crippen LogP contribution in [-0.4, -0.2) is 4.98 Å². The summed E-state index contributed by atoms with van der Waals surface area (Å²) in [4.78, 5) is 4.39. The van der Waals surface area contributed by atoms with Crippen LogP contribution in [0.3, 0.4) is 0 Å². The summed E-state index contributed by atoms with van der Waals surface area (Å²) in [5.41, 5.74) is 3.00. The van der Waals surface area contributed by atoms with Crippen LogP contribution in [-0.2, 0) is 0 Å². The van der Waals surface area contributed by atoms with E-state index in [-0.39, 0.29) is 0 Å². The number of aromatic nitrogens is 1. The van der Waals surface area contributed by atoms with Gasteiger partial charge in [0.2, 0.25) is 0 Å². The van der Waals surface area contributed by atoms with Crippen LogP contribution in [0, 0.1) is 0 Å². The van der Waals surface area contributed by atoms with Gasteiger partial charge in [0.15, 0.2) is 0 Å². The Kier molecular flexibility index (Phi) is 1.82. The summed E-state index contributed by atoms with van der Waals surface area (Å²) < 4.78 is 2.35. The standard InChI is InChI=1S/C11H6BrNS/c12-8-3-1-7-2-4-10-11(9(7)5-8)13-6-14-10/h1-6H. The van der Waals surface area contributed by atoms with Crippen molar-refractivity contribution >= 4 is 48.3 Å². The Morgan fingerprint density at radius 2 is 2.00 bits per heavy atom. The first-order valence-electron chi connectivity index (χ1n) is 4.26. The van der Waals surface area contributed by atoms with E-state index in [0.717, 1.165) is 9.99 Å². The monoisotopic (exact) mass is 263 g/mol. The Labute approximate surface area is 93.5 Å². The van der Waals surface area contributed by atoms with E-state index in [1.165, 1.54) is 15.5 Å². The third-order valence-electron chi connectivity index (χ3n) is 2.28. The van der Waals surface area contributed by atoms with Gasteiger partial charge in [0, 0.05) is 9.86 Å². The van der Waals surface area contributed by atoms with Crippen molar-refractivity contribution in [3.8, 4) is 0 Å². The molecule has 0 N–H and O–H groups in total. The second-order valence-electron chi connectivity index (χ2n) is 3.13. The predicted octanol–water partition coefficient (Wildman–Crippen LogP) is 4.21. The fourth-order valence-corrected chi connectivity index (χ4v) is 2.67. The van der Waals surface area contributed by atoms with Gasteiger partial charge in [-0.25, -0.2) is 4.98 Å². The third kappa shape index (κ3) is 1.16. The van der Waals surface area contributed by atoms with E-state index in [2.05, 4.69) is 51.2 Å². The average Bonchev–Trinajstić information content (AvgIpc) is 2.65. The topological polar surface area (TPSA) is 12.9 Å². The van der Waals surface area contributed by atoms with Gasteiger partial charge in [0.05, 0.1) is 15.7 Å². The van der Waals surface area contributed by atoms with Crippen LogP contribution in [0.15, 0.2) is 40.3 Å². The Bertz CT molecular complexity index is 615. The van der Waals surface area contributed by atoms with E-state index in [0.29, 0.717) is 0 Å². The molecule has 0 spiro atoms. The molecular formula is C11H6BrNS. The molecule has 0 fully saturated rings. The maximum Gasteiger partial charge on any atom is 0.0890 e. The highest BCUT2D eigenvalue weighted by Gasteiger charge is 2.02. The highest BCUT2D eigenvalue weighted by Crippen LogP contribution is 2.28. The van der Waals surface area contributed by atoms with Crippen molar-refractivity contribution in [3.63, 3.8) is 0 Å². The minimum atomic E-state index is 1.10. The first-order valence-corrected chi connectivity index (χ1v) is 5.93. The zero-order chi connectivity index (χ0) is 9.54. The molecule has 0 aliphatic carbocycles. The van der Waals surface area contributed by atoms with E-state index in [4.69, 9.17) is 0 Å². The smallest absolute Gasteiger partial charge is 0.0890 e. The lowest BCUT2D eigenvalue weighted by Crippen LogP contribution is -1.75. The zero-order valence-corrected chi connectivity index (χ0v) is 9.60. The summed E-state index contributed by atoms with van der Waals surface area (Å²) in [6, 6.07) is 10.6. The molecule has 1 nitrogen and oxygen atoms in total. The van der Waals surface area contributed by atoms with E-state index in [1.54, 1.807) is 11.3 Å². The quantitative estimate of drug-likeness (QED) is 0.592. The number of hydrogen-bond donors (Lipinski definition) is 0. The largest absolute Gasteiger partial charge is 0.244 e. The van der Waals surface area contributed by atoms with Crippen LogP contribution in [0.25, 0.3) is 21.0 Å². The maximum absolute atomic E-state index is 4.39. The Morgan fingerprint density at radius 3 is 2.93 bits per heavy atom. The molecule has 0 unspecified atom stereocenters. The molecule has 3 aromatic rings. The molecule has 0 saturated carbocycles. The molecule has 1 aromatic heterocycles. The normalized spacial score (nSPS) is 11.2. The second-order valence-corrected chi connectivity index (χ2v) is 4.93. The van der Waals surface area contributed by atoms with E-state index in [1.807, 2.05) is 5.51 Å². The van der Waals surface area contributed by atoms with Crippen LogP contribution < -0.4 is 0 Å². The molecule has 0 aliphatic rings. The lowest BCUT2D eigenvalue weighted by atomic mass is 10.1. The highest BCUT2D eigenvalue weighted by molar-refractivity contribution is 9.10. The number of halogens is 1. The van der Waals surface area contributed by atoms with Crippen LogP contribution in [0.4, 0.5) is 0 Å². The van der Waals surface area contributed by atoms with Crippen molar-refractivity contribution in [1.82, 2.24) is 4.98 Å². The molecule has 3 rings (SSSR count). The van der Waals surface area contributed by atoms with Crippen molar-refractivity contribution in [2.75, 3.05) is 0 Å². The van der Waals surface area contributed by atoms with Crippen molar-refractivity contribution in [2.45, 2.75) is 0 Å². The lowest BCUT2D eigenvalue weighted by molar-refractivity contribution is 1.52. The van der Waals surface area contributed by atoms with Gasteiger partial charge in [-0.05, 0) is 23.6 Å². The van der Waals surface area contributed by atoms with E-state index >= 15 is 0 Å². The van der Waals surface area contributed by atoms with Crippen molar-refractivity contribution in [3.05, 3.63) is 40.3 Å². The Balaban J connectivity index is 2.60. The van der Waals surface area contributed by atoms with Crippen LogP contribution in [0.1, 0.15) is 0 Å². The number of nitrogens with zero attached hydrogens (tertiary/aromatic N) is 1. The summed E-state index contributed by atoms with van der Waals surface area (Å²) in [7, 11) is 0. The minimum Gasteiger partial charge on any atom is -0.244 e. The molecular weight excluding hydrogens is 258 g/mol.